The fourth-order valence-electron chi connectivity index (χ4n) is 2.56. The van der Waals surface area contributed by atoms with Crippen LogP contribution in [0.25, 0.3) is 0 Å². The Kier molecular flexibility index (Phi) is 5.09. The monoisotopic (exact) mass is 339 g/mol. The third-order valence-corrected chi connectivity index (χ3v) is 6.05. The zero-order chi connectivity index (χ0) is 17.2. The van der Waals surface area contributed by atoms with Crippen LogP contribution in [0, 0.1) is 13.8 Å². The minimum atomic E-state index is -3.06. The molecule has 0 N–H and O–H groups in total. The molecule has 1 aliphatic heterocycles. The van der Waals surface area contributed by atoms with Gasteiger partial charge in [0.1, 0.15) is 0 Å². The van der Waals surface area contributed by atoms with Crippen molar-refractivity contribution < 1.29 is 22.7 Å². The summed E-state index contributed by atoms with van der Waals surface area (Å²) in [6.07, 6.45) is 0.426. The predicted octanol–water partition coefficient (Wildman–Crippen LogP) is 1.11. The first-order chi connectivity index (χ1) is 10.7. The molecule has 0 bridgehead atoms. The third-order valence-electron chi connectivity index (χ3n) is 4.30. The van der Waals surface area contributed by atoms with Crippen LogP contribution in [0.2, 0.25) is 0 Å². The maximum atomic E-state index is 12.1. The molecule has 0 radical (unpaired) electrons. The maximum Gasteiger partial charge on any atom is 0.338 e. The molecule has 1 unspecified atom stereocenters. The molecule has 1 saturated heterocycles. The molecule has 0 spiro atoms. The lowest BCUT2D eigenvalue weighted by molar-refractivity contribution is -0.134. The summed E-state index contributed by atoms with van der Waals surface area (Å²) < 4.78 is 28.0. The van der Waals surface area contributed by atoms with Gasteiger partial charge in [-0.25, -0.2) is 13.2 Å². The Bertz CT molecular complexity index is 726. The number of benzene rings is 1. The van der Waals surface area contributed by atoms with Crippen LogP contribution >= 0.6 is 0 Å². The van der Waals surface area contributed by atoms with E-state index in [1.54, 1.807) is 19.2 Å². The van der Waals surface area contributed by atoms with Gasteiger partial charge in [0.05, 0.1) is 17.1 Å². The first kappa shape index (κ1) is 17.5. The normalized spacial score (nSPS) is 19.3. The van der Waals surface area contributed by atoms with Gasteiger partial charge in [-0.1, -0.05) is 12.1 Å². The van der Waals surface area contributed by atoms with E-state index >= 15 is 0 Å². The SMILES string of the molecule is Cc1cccc(C(=O)OCC(=O)N(C)C2CCS(=O)(=O)C2)c1C. The van der Waals surface area contributed by atoms with Crippen LogP contribution < -0.4 is 0 Å². The predicted molar refractivity (Wildman–Crippen MR) is 86.0 cm³/mol. The average Bonchev–Trinajstić information content (AvgIpc) is 2.86. The summed E-state index contributed by atoms with van der Waals surface area (Å²) in [5, 5.41) is 0. The highest BCUT2D eigenvalue weighted by molar-refractivity contribution is 7.91. The zero-order valence-corrected chi connectivity index (χ0v) is 14.4. The number of carbonyl (C=O) groups excluding carboxylic acids is 2. The maximum absolute atomic E-state index is 12.1. The van der Waals surface area contributed by atoms with Gasteiger partial charge in [-0.3, -0.25) is 4.79 Å². The summed E-state index contributed by atoms with van der Waals surface area (Å²) >= 11 is 0. The first-order valence-electron chi connectivity index (χ1n) is 7.40. The van der Waals surface area contributed by atoms with E-state index in [1.807, 2.05) is 19.9 Å². The number of ether oxygens (including phenoxy) is 1. The summed E-state index contributed by atoms with van der Waals surface area (Å²) in [4.78, 5) is 25.5. The molecule has 1 heterocycles. The quantitative estimate of drug-likeness (QED) is 0.768. The molecule has 1 atom stereocenters. The van der Waals surface area contributed by atoms with E-state index in [1.165, 1.54) is 4.90 Å². The number of nitrogens with zero attached hydrogens (tertiary/aromatic N) is 1. The van der Waals surface area contributed by atoms with E-state index in [-0.39, 0.29) is 24.2 Å². The van der Waals surface area contributed by atoms with E-state index in [2.05, 4.69) is 0 Å². The van der Waals surface area contributed by atoms with E-state index in [9.17, 15) is 18.0 Å². The van der Waals surface area contributed by atoms with E-state index < -0.39 is 21.7 Å². The number of carbonyl (C=O) groups is 2. The highest BCUT2D eigenvalue weighted by Crippen LogP contribution is 2.17. The van der Waals surface area contributed by atoms with Crippen molar-refractivity contribution in [2.75, 3.05) is 25.2 Å². The molecule has 2 rings (SSSR count). The fraction of sp³-hybridized carbons (Fsp3) is 0.500. The molecule has 0 aromatic heterocycles. The lowest BCUT2D eigenvalue weighted by Crippen LogP contribution is -2.40. The molecule has 1 aromatic rings. The molecular weight excluding hydrogens is 318 g/mol. The van der Waals surface area contributed by atoms with Crippen LogP contribution in [0.15, 0.2) is 18.2 Å². The van der Waals surface area contributed by atoms with Gasteiger partial charge in [-0.05, 0) is 37.5 Å². The second-order valence-electron chi connectivity index (χ2n) is 5.89. The lowest BCUT2D eigenvalue weighted by atomic mass is 10.0. The van der Waals surface area contributed by atoms with E-state index in [4.69, 9.17) is 4.74 Å². The largest absolute Gasteiger partial charge is 0.452 e. The van der Waals surface area contributed by atoms with Crippen molar-refractivity contribution in [3.05, 3.63) is 34.9 Å². The standard InChI is InChI=1S/C16H21NO5S/c1-11-5-4-6-14(12(11)2)16(19)22-9-15(18)17(3)13-7-8-23(20,21)10-13/h4-6,13H,7-10H2,1-3H3. The molecule has 6 nitrogen and oxygen atoms in total. The Morgan fingerprint density at radius 2 is 2.00 bits per heavy atom. The highest BCUT2D eigenvalue weighted by atomic mass is 32.2. The van der Waals surface area contributed by atoms with Gasteiger partial charge in [0.2, 0.25) is 0 Å². The molecule has 1 aromatic carbocycles. The Hall–Kier alpha value is -1.89. The smallest absolute Gasteiger partial charge is 0.338 e. The van der Waals surface area contributed by atoms with Crippen molar-refractivity contribution in [3.8, 4) is 0 Å². The van der Waals surface area contributed by atoms with E-state index in [0.29, 0.717) is 12.0 Å². The van der Waals surface area contributed by atoms with Crippen LogP contribution in [0.4, 0.5) is 0 Å². The summed E-state index contributed by atoms with van der Waals surface area (Å²) in [6, 6.07) is 4.97. The number of rotatable bonds is 4. The summed E-state index contributed by atoms with van der Waals surface area (Å²) in [5.41, 5.74) is 2.23. The van der Waals surface area contributed by atoms with Crippen LogP contribution in [-0.4, -0.2) is 56.4 Å². The van der Waals surface area contributed by atoms with Crippen LogP contribution in [-0.2, 0) is 19.4 Å². The molecule has 1 amide bonds. The number of amides is 1. The molecule has 126 valence electrons. The highest BCUT2D eigenvalue weighted by Gasteiger charge is 2.33. The number of aryl methyl sites for hydroxylation is 1. The topological polar surface area (TPSA) is 80.8 Å². The van der Waals surface area contributed by atoms with Crippen molar-refractivity contribution in [1.82, 2.24) is 4.90 Å². The van der Waals surface area contributed by atoms with Crippen LogP contribution in [0.1, 0.15) is 27.9 Å². The van der Waals surface area contributed by atoms with Gasteiger partial charge in [0.15, 0.2) is 16.4 Å². The first-order valence-corrected chi connectivity index (χ1v) is 9.23. The molecule has 0 saturated carbocycles. The summed E-state index contributed by atoms with van der Waals surface area (Å²) in [7, 11) is -1.52. The van der Waals surface area contributed by atoms with Gasteiger partial charge in [0, 0.05) is 13.1 Å². The van der Waals surface area contributed by atoms with Crippen molar-refractivity contribution in [3.63, 3.8) is 0 Å². The van der Waals surface area contributed by atoms with Gasteiger partial charge >= 0.3 is 5.97 Å². The van der Waals surface area contributed by atoms with Crippen LogP contribution in [0.3, 0.4) is 0 Å². The zero-order valence-electron chi connectivity index (χ0n) is 13.5. The van der Waals surface area contributed by atoms with Crippen LogP contribution in [0.5, 0.6) is 0 Å². The second-order valence-corrected chi connectivity index (χ2v) is 8.11. The summed E-state index contributed by atoms with van der Waals surface area (Å²) in [6.45, 7) is 3.33. The van der Waals surface area contributed by atoms with Crippen molar-refractivity contribution >= 4 is 21.7 Å². The lowest BCUT2D eigenvalue weighted by Gasteiger charge is -2.23. The van der Waals surface area contributed by atoms with Gasteiger partial charge in [-0.15, -0.1) is 0 Å². The molecule has 1 fully saturated rings. The Morgan fingerprint density at radius 3 is 2.61 bits per heavy atom. The minimum absolute atomic E-state index is 0.0276. The van der Waals surface area contributed by atoms with Crippen molar-refractivity contribution in [1.29, 1.82) is 0 Å². The molecule has 1 aliphatic rings. The fourth-order valence-corrected chi connectivity index (χ4v) is 4.34. The van der Waals surface area contributed by atoms with Gasteiger partial charge < -0.3 is 9.64 Å². The van der Waals surface area contributed by atoms with Gasteiger partial charge in [-0.2, -0.15) is 0 Å². The number of esters is 1. The summed E-state index contributed by atoms with van der Waals surface area (Å²) in [5.74, 6) is -0.879. The molecular formula is C16H21NO5S. The molecule has 7 heteroatoms. The Labute approximate surface area is 136 Å². The molecule has 23 heavy (non-hydrogen) atoms. The average molecular weight is 339 g/mol. The van der Waals surface area contributed by atoms with E-state index in [0.717, 1.165) is 11.1 Å². The van der Waals surface area contributed by atoms with Gasteiger partial charge in [0.25, 0.3) is 5.91 Å². The number of sulfone groups is 1. The molecule has 0 aliphatic carbocycles. The van der Waals surface area contributed by atoms with Crippen molar-refractivity contribution in [2.24, 2.45) is 0 Å². The van der Waals surface area contributed by atoms with Crippen molar-refractivity contribution in [2.45, 2.75) is 26.3 Å². The minimum Gasteiger partial charge on any atom is -0.452 e. The Balaban J connectivity index is 1.94. The number of likely N-dealkylation sites (N-methyl/N-ethyl adjacent to an activating group) is 1. The Morgan fingerprint density at radius 1 is 1.30 bits per heavy atom. The second kappa shape index (κ2) is 6.70. The number of hydrogen-bond donors (Lipinski definition) is 0. The number of hydrogen-bond acceptors (Lipinski definition) is 5. The third kappa shape index (κ3) is 4.10.